The van der Waals surface area contributed by atoms with Crippen molar-refractivity contribution in [2.24, 2.45) is 0 Å². The van der Waals surface area contributed by atoms with Crippen LogP contribution in [0.1, 0.15) is 49.2 Å². The minimum Gasteiger partial charge on any atom is -0.461 e. The minimum atomic E-state index is -0.386. The van der Waals surface area contributed by atoms with Gasteiger partial charge in [-0.3, -0.25) is 9.59 Å². The summed E-state index contributed by atoms with van der Waals surface area (Å²) >= 11 is 0. The number of ether oxygens (including phenoxy) is 2. The van der Waals surface area contributed by atoms with Crippen molar-refractivity contribution in [1.29, 1.82) is 0 Å². The number of ketones is 1. The maximum absolute atomic E-state index is 12.5. The van der Waals surface area contributed by atoms with E-state index in [2.05, 4.69) is 5.32 Å². The highest BCUT2D eigenvalue weighted by Gasteiger charge is 2.16. The lowest BCUT2D eigenvalue weighted by Gasteiger charge is -2.20. The number of hydrogen-bond donors (Lipinski definition) is 1. The predicted molar refractivity (Wildman–Crippen MR) is 105 cm³/mol. The first-order valence-corrected chi connectivity index (χ1v) is 8.94. The molecule has 0 fully saturated rings. The Morgan fingerprint density at radius 1 is 1.04 bits per heavy atom. The number of Topliss-reactive ketones (excluding diaryl/α,β-unsaturated/α-hetero) is 1. The van der Waals surface area contributed by atoms with Crippen LogP contribution in [0, 0.1) is 6.92 Å². The summed E-state index contributed by atoms with van der Waals surface area (Å²) in [7, 11) is 0. The van der Waals surface area contributed by atoms with Crippen LogP contribution in [0.25, 0.3) is 0 Å². The monoisotopic (exact) mass is 369 g/mol. The highest BCUT2D eigenvalue weighted by Crippen LogP contribution is 2.29. The number of para-hydroxylation sites is 1. The second kappa shape index (κ2) is 8.82. The van der Waals surface area contributed by atoms with Crippen molar-refractivity contribution in [3.8, 4) is 11.5 Å². The fraction of sp³-hybridized carbons (Fsp3) is 0.364. The third-order valence-electron chi connectivity index (χ3n) is 3.91. The van der Waals surface area contributed by atoms with Gasteiger partial charge < -0.3 is 14.8 Å². The molecule has 0 aliphatic rings. The highest BCUT2D eigenvalue weighted by atomic mass is 16.5. The topological polar surface area (TPSA) is 64.6 Å². The maximum atomic E-state index is 12.5. The molecular formula is C22H27NO4. The smallest absolute Gasteiger partial charge is 0.302 e. The molecule has 0 bridgehead atoms. The number of aryl methyl sites for hydroxylation is 1. The van der Waals surface area contributed by atoms with Gasteiger partial charge in [0.2, 0.25) is 0 Å². The average molecular weight is 369 g/mol. The lowest BCUT2D eigenvalue weighted by molar-refractivity contribution is -0.142. The number of carbonyl (C=O) groups excluding carboxylic acids is 2. The standard InChI is InChI=1S/C22H27NO4/c1-15-8-6-7-9-20(15)27-21-11-10-17(12-18(21)14-26-16(2)24)19(25)13-23-22(3,4)5/h6-12,23H,13-14H2,1-5H3. The van der Waals surface area contributed by atoms with E-state index in [1.165, 1.54) is 6.92 Å². The van der Waals surface area contributed by atoms with Crippen molar-refractivity contribution >= 4 is 11.8 Å². The molecule has 5 nitrogen and oxygen atoms in total. The molecule has 0 aliphatic heterocycles. The second-order valence-corrected chi connectivity index (χ2v) is 7.50. The Morgan fingerprint density at radius 2 is 1.74 bits per heavy atom. The van der Waals surface area contributed by atoms with Crippen molar-refractivity contribution < 1.29 is 19.1 Å². The molecular weight excluding hydrogens is 342 g/mol. The van der Waals surface area contributed by atoms with E-state index in [0.29, 0.717) is 16.9 Å². The van der Waals surface area contributed by atoms with E-state index >= 15 is 0 Å². The van der Waals surface area contributed by atoms with Crippen LogP contribution in [0.4, 0.5) is 0 Å². The minimum absolute atomic E-state index is 0.0311. The summed E-state index contributed by atoms with van der Waals surface area (Å²) < 4.78 is 11.1. The molecule has 27 heavy (non-hydrogen) atoms. The highest BCUT2D eigenvalue weighted by molar-refractivity contribution is 5.98. The van der Waals surface area contributed by atoms with E-state index < -0.39 is 0 Å². The lowest BCUT2D eigenvalue weighted by Crippen LogP contribution is -2.39. The van der Waals surface area contributed by atoms with Gasteiger partial charge in [-0.15, -0.1) is 0 Å². The summed E-state index contributed by atoms with van der Waals surface area (Å²) in [5.41, 5.74) is 2.04. The van der Waals surface area contributed by atoms with Crippen molar-refractivity contribution in [3.63, 3.8) is 0 Å². The molecule has 0 atom stereocenters. The Hall–Kier alpha value is -2.66. The molecule has 1 N–H and O–H groups in total. The molecule has 0 aliphatic carbocycles. The number of benzene rings is 2. The van der Waals surface area contributed by atoms with Crippen LogP contribution in [-0.2, 0) is 16.1 Å². The molecule has 0 amide bonds. The van der Waals surface area contributed by atoms with Crippen LogP contribution in [0.3, 0.4) is 0 Å². The summed E-state index contributed by atoms with van der Waals surface area (Å²) in [6.07, 6.45) is 0. The molecule has 2 rings (SSSR count). The molecule has 0 heterocycles. The molecule has 0 saturated carbocycles. The van der Waals surface area contributed by atoms with Gasteiger partial charge in [-0.05, 0) is 57.5 Å². The molecule has 0 saturated heterocycles. The Balaban J connectivity index is 2.27. The van der Waals surface area contributed by atoms with Gasteiger partial charge >= 0.3 is 5.97 Å². The summed E-state index contributed by atoms with van der Waals surface area (Å²) in [5.74, 6) is 0.861. The van der Waals surface area contributed by atoms with Crippen molar-refractivity contribution in [2.45, 2.75) is 46.8 Å². The quantitative estimate of drug-likeness (QED) is 0.578. The van der Waals surface area contributed by atoms with Crippen LogP contribution in [0.2, 0.25) is 0 Å². The summed E-state index contributed by atoms with van der Waals surface area (Å²) in [4.78, 5) is 23.7. The zero-order valence-corrected chi connectivity index (χ0v) is 16.6. The predicted octanol–water partition coefficient (Wildman–Crippen LogP) is 4.42. The Bertz CT molecular complexity index is 821. The zero-order valence-electron chi connectivity index (χ0n) is 16.6. The Labute approximate surface area is 160 Å². The van der Waals surface area contributed by atoms with Gasteiger partial charge in [-0.25, -0.2) is 0 Å². The van der Waals surface area contributed by atoms with E-state index in [9.17, 15) is 9.59 Å². The average Bonchev–Trinajstić information content (AvgIpc) is 2.60. The first-order valence-electron chi connectivity index (χ1n) is 8.94. The SMILES string of the molecule is CC(=O)OCc1cc(C(=O)CNC(C)(C)C)ccc1Oc1ccccc1C. The van der Waals surface area contributed by atoms with Crippen LogP contribution in [0.15, 0.2) is 42.5 Å². The number of carbonyl (C=O) groups is 2. The van der Waals surface area contributed by atoms with Gasteiger partial charge in [0.25, 0.3) is 0 Å². The first kappa shape index (κ1) is 20.6. The van der Waals surface area contributed by atoms with Gasteiger partial charge in [-0.1, -0.05) is 18.2 Å². The van der Waals surface area contributed by atoms with Crippen LogP contribution >= 0.6 is 0 Å². The fourth-order valence-electron chi connectivity index (χ4n) is 2.38. The molecule has 5 heteroatoms. The number of hydrogen-bond acceptors (Lipinski definition) is 5. The Kier molecular flexibility index (Phi) is 6.75. The summed E-state index contributed by atoms with van der Waals surface area (Å²) in [5, 5.41) is 3.19. The molecule has 2 aromatic carbocycles. The van der Waals surface area contributed by atoms with Gasteiger partial charge in [0.05, 0.1) is 6.54 Å². The maximum Gasteiger partial charge on any atom is 0.302 e. The van der Waals surface area contributed by atoms with Crippen LogP contribution in [-0.4, -0.2) is 23.8 Å². The molecule has 0 unspecified atom stereocenters. The van der Waals surface area contributed by atoms with Gasteiger partial charge in [0, 0.05) is 23.6 Å². The van der Waals surface area contributed by atoms with Gasteiger partial charge in [0.1, 0.15) is 18.1 Å². The third kappa shape index (κ3) is 6.53. The lowest BCUT2D eigenvalue weighted by atomic mass is 10.0. The number of rotatable bonds is 7. The molecule has 144 valence electrons. The van der Waals surface area contributed by atoms with Crippen molar-refractivity contribution in [3.05, 3.63) is 59.2 Å². The molecule has 0 radical (unpaired) electrons. The molecule has 2 aromatic rings. The van der Waals surface area contributed by atoms with Gasteiger partial charge in [0.15, 0.2) is 5.78 Å². The van der Waals surface area contributed by atoms with Crippen molar-refractivity contribution in [2.75, 3.05) is 6.54 Å². The van der Waals surface area contributed by atoms with Crippen molar-refractivity contribution in [1.82, 2.24) is 5.32 Å². The largest absolute Gasteiger partial charge is 0.461 e. The first-order chi connectivity index (χ1) is 12.7. The van der Waals surface area contributed by atoms with Crippen LogP contribution < -0.4 is 10.1 Å². The number of esters is 1. The normalized spacial score (nSPS) is 11.1. The Morgan fingerprint density at radius 3 is 2.37 bits per heavy atom. The van der Waals surface area contributed by atoms with E-state index in [1.807, 2.05) is 52.0 Å². The second-order valence-electron chi connectivity index (χ2n) is 7.50. The summed E-state index contributed by atoms with van der Waals surface area (Å²) in [6, 6.07) is 12.9. The zero-order chi connectivity index (χ0) is 20.0. The molecule has 0 spiro atoms. The van der Waals surface area contributed by atoms with Gasteiger partial charge in [-0.2, -0.15) is 0 Å². The van der Waals surface area contributed by atoms with E-state index in [0.717, 1.165) is 11.3 Å². The summed E-state index contributed by atoms with van der Waals surface area (Å²) in [6.45, 7) is 9.60. The number of nitrogens with one attached hydrogen (secondary N) is 1. The third-order valence-corrected chi connectivity index (χ3v) is 3.91. The van der Waals surface area contributed by atoms with E-state index in [-0.39, 0.29) is 30.4 Å². The van der Waals surface area contributed by atoms with E-state index in [4.69, 9.17) is 9.47 Å². The van der Waals surface area contributed by atoms with Crippen LogP contribution in [0.5, 0.6) is 11.5 Å². The van der Waals surface area contributed by atoms with E-state index in [1.54, 1.807) is 18.2 Å². The molecule has 0 aromatic heterocycles. The fourth-order valence-corrected chi connectivity index (χ4v) is 2.38.